The minimum atomic E-state index is -4.50. The van der Waals surface area contributed by atoms with E-state index in [0.717, 1.165) is 6.07 Å². The molecule has 2 amide bonds. The van der Waals surface area contributed by atoms with Crippen molar-refractivity contribution in [2.45, 2.75) is 19.3 Å². The Morgan fingerprint density at radius 1 is 1.33 bits per heavy atom. The van der Waals surface area contributed by atoms with Gasteiger partial charge in [-0.3, -0.25) is 9.36 Å². The van der Waals surface area contributed by atoms with E-state index in [1.165, 1.54) is 21.4 Å². The maximum Gasteiger partial charge on any atom is 0.435 e. The van der Waals surface area contributed by atoms with Crippen LogP contribution in [0.5, 0.6) is 5.88 Å². The lowest BCUT2D eigenvalue weighted by atomic mass is 10.3. The van der Waals surface area contributed by atoms with Gasteiger partial charge in [-0.15, -0.1) is 5.10 Å². The van der Waals surface area contributed by atoms with Crippen LogP contribution >= 0.6 is 0 Å². The predicted molar refractivity (Wildman–Crippen MR) is 76.4 cm³/mol. The number of rotatable bonds is 2. The standard InChI is InChI=1S/C13H15F3N6O2/c1-20-7-9(11(19-20)24-2)17-12(23)21-3-4-22-8(6-21)5-10(18-22)13(14,15)16/h5,7H,3-4,6H2,1-2H3,(H,17,23). The molecule has 0 aliphatic carbocycles. The second-order valence-electron chi connectivity index (χ2n) is 5.32. The summed E-state index contributed by atoms with van der Waals surface area (Å²) < 4.78 is 45.9. The molecule has 2 aromatic heterocycles. The number of urea groups is 1. The number of halogens is 3. The number of anilines is 1. The number of hydrogen-bond acceptors (Lipinski definition) is 4. The van der Waals surface area contributed by atoms with Crippen molar-refractivity contribution in [1.82, 2.24) is 24.5 Å². The van der Waals surface area contributed by atoms with Gasteiger partial charge in [-0.25, -0.2) is 4.79 Å². The van der Waals surface area contributed by atoms with Crippen LogP contribution in [0.3, 0.4) is 0 Å². The van der Waals surface area contributed by atoms with E-state index in [4.69, 9.17) is 4.74 Å². The second-order valence-corrected chi connectivity index (χ2v) is 5.32. The maximum atomic E-state index is 12.7. The molecule has 8 nitrogen and oxygen atoms in total. The molecule has 1 aliphatic heterocycles. The van der Waals surface area contributed by atoms with Crippen LogP contribution < -0.4 is 10.1 Å². The summed E-state index contributed by atoms with van der Waals surface area (Å²) in [7, 11) is 3.10. The molecule has 0 bridgehead atoms. The fraction of sp³-hybridized carbons (Fsp3) is 0.462. The van der Waals surface area contributed by atoms with Crippen LogP contribution in [0.4, 0.5) is 23.7 Å². The molecule has 0 radical (unpaired) electrons. The van der Waals surface area contributed by atoms with Gasteiger partial charge in [0.05, 0.1) is 32.1 Å². The highest BCUT2D eigenvalue weighted by Crippen LogP contribution is 2.30. The molecule has 0 saturated carbocycles. The molecule has 1 aliphatic rings. The minimum absolute atomic E-state index is 0.0392. The highest BCUT2D eigenvalue weighted by Gasteiger charge is 2.36. The van der Waals surface area contributed by atoms with Crippen LogP contribution in [0.1, 0.15) is 11.4 Å². The van der Waals surface area contributed by atoms with Gasteiger partial charge < -0.3 is 15.0 Å². The fourth-order valence-electron chi connectivity index (χ4n) is 2.48. The van der Waals surface area contributed by atoms with Gasteiger partial charge in [0.15, 0.2) is 5.69 Å². The summed E-state index contributed by atoms with van der Waals surface area (Å²) in [6.45, 7) is 0.487. The van der Waals surface area contributed by atoms with E-state index in [1.54, 1.807) is 13.2 Å². The van der Waals surface area contributed by atoms with Crippen molar-refractivity contribution < 1.29 is 22.7 Å². The summed E-state index contributed by atoms with van der Waals surface area (Å²) in [4.78, 5) is 13.7. The number of carbonyl (C=O) groups is 1. The van der Waals surface area contributed by atoms with Gasteiger partial charge in [0.1, 0.15) is 5.69 Å². The number of ether oxygens (including phenoxy) is 1. The molecule has 3 heterocycles. The topological polar surface area (TPSA) is 77.2 Å². The van der Waals surface area contributed by atoms with E-state index < -0.39 is 17.9 Å². The molecule has 0 aromatic carbocycles. The Balaban J connectivity index is 1.73. The van der Waals surface area contributed by atoms with E-state index in [-0.39, 0.29) is 25.5 Å². The summed E-state index contributed by atoms with van der Waals surface area (Å²) in [5.74, 6) is 0.257. The van der Waals surface area contributed by atoms with Crippen LogP contribution in [0.2, 0.25) is 0 Å². The molecule has 1 N–H and O–H groups in total. The second kappa shape index (κ2) is 5.73. The molecule has 130 valence electrons. The zero-order valence-electron chi connectivity index (χ0n) is 13.0. The summed E-state index contributed by atoms with van der Waals surface area (Å²) in [6, 6.07) is 0.520. The predicted octanol–water partition coefficient (Wildman–Crippen LogP) is 1.69. The zero-order chi connectivity index (χ0) is 17.5. The van der Waals surface area contributed by atoms with E-state index in [2.05, 4.69) is 15.5 Å². The van der Waals surface area contributed by atoms with Crippen molar-refractivity contribution in [3.63, 3.8) is 0 Å². The average Bonchev–Trinajstić information content (AvgIpc) is 3.09. The van der Waals surface area contributed by atoms with Gasteiger partial charge in [-0.2, -0.15) is 18.3 Å². The summed E-state index contributed by atoms with van der Waals surface area (Å²) in [5.41, 5.74) is -0.226. The molecule has 0 atom stereocenters. The zero-order valence-corrected chi connectivity index (χ0v) is 13.0. The molecule has 11 heteroatoms. The number of alkyl halides is 3. The Morgan fingerprint density at radius 3 is 2.75 bits per heavy atom. The van der Waals surface area contributed by atoms with Crippen LogP contribution in [0, 0.1) is 0 Å². The molecular weight excluding hydrogens is 329 g/mol. The number of nitrogens with zero attached hydrogens (tertiary/aromatic N) is 5. The SMILES string of the molecule is COc1nn(C)cc1NC(=O)N1CCn2nc(C(F)(F)F)cc2C1. The number of fused-ring (bicyclic) bond motifs is 1. The van der Waals surface area contributed by atoms with Gasteiger partial charge in [0.2, 0.25) is 0 Å². The first kappa shape index (κ1) is 16.1. The number of nitrogens with one attached hydrogen (secondary N) is 1. The third-order valence-corrected chi connectivity index (χ3v) is 3.61. The summed E-state index contributed by atoms with van der Waals surface area (Å²) in [5, 5.41) is 10.2. The summed E-state index contributed by atoms with van der Waals surface area (Å²) >= 11 is 0. The monoisotopic (exact) mass is 344 g/mol. The Bertz CT molecular complexity index is 766. The lowest BCUT2D eigenvalue weighted by Gasteiger charge is -2.27. The molecular formula is C13H15F3N6O2. The Morgan fingerprint density at radius 2 is 2.08 bits per heavy atom. The average molecular weight is 344 g/mol. The third-order valence-electron chi connectivity index (χ3n) is 3.61. The summed E-state index contributed by atoms with van der Waals surface area (Å²) in [6.07, 6.45) is -2.92. The van der Waals surface area contributed by atoms with Crippen LogP contribution in [0.15, 0.2) is 12.3 Å². The van der Waals surface area contributed by atoms with E-state index in [9.17, 15) is 18.0 Å². The lowest BCUT2D eigenvalue weighted by molar-refractivity contribution is -0.141. The Hall–Kier alpha value is -2.72. The Labute approximate surface area is 134 Å². The van der Waals surface area contributed by atoms with Gasteiger partial charge >= 0.3 is 12.2 Å². The van der Waals surface area contributed by atoms with Crippen LogP contribution in [-0.4, -0.2) is 44.1 Å². The van der Waals surface area contributed by atoms with E-state index >= 15 is 0 Å². The molecule has 0 spiro atoms. The number of aryl methyl sites for hydroxylation is 1. The van der Waals surface area contributed by atoms with Crippen LogP contribution in [0.25, 0.3) is 0 Å². The van der Waals surface area contributed by atoms with Crippen molar-refractivity contribution in [2.75, 3.05) is 19.0 Å². The van der Waals surface area contributed by atoms with Crippen molar-refractivity contribution in [3.05, 3.63) is 23.7 Å². The molecule has 0 unspecified atom stereocenters. The third kappa shape index (κ3) is 3.01. The first-order valence-electron chi connectivity index (χ1n) is 7.05. The lowest BCUT2D eigenvalue weighted by Crippen LogP contribution is -2.40. The number of hydrogen-bond donors (Lipinski definition) is 1. The first-order chi connectivity index (χ1) is 11.3. The van der Waals surface area contributed by atoms with Gasteiger partial charge in [-0.1, -0.05) is 0 Å². The van der Waals surface area contributed by atoms with E-state index in [1.807, 2.05) is 0 Å². The van der Waals surface area contributed by atoms with Gasteiger partial charge in [0, 0.05) is 13.6 Å². The molecule has 24 heavy (non-hydrogen) atoms. The number of carbonyl (C=O) groups excluding carboxylic acids is 1. The molecule has 0 fully saturated rings. The highest BCUT2D eigenvalue weighted by molar-refractivity contribution is 5.90. The highest BCUT2D eigenvalue weighted by atomic mass is 19.4. The fourth-order valence-corrected chi connectivity index (χ4v) is 2.48. The van der Waals surface area contributed by atoms with Crippen molar-refractivity contribution in [2.24, 2.45) is 7.05 Å². The normalized spacial score (nSPS) is 14.5. The number of methoxy groups -OCH3 is 1. The minimum Gasteiger partial charge on any atom is -0.478 e. The Kier molecular flexibility index (Phi) is 3.85. The van der Waals surface area contributed by atoms with Gasteiger partial charge in [-0.05, 0) is 6.07 Å². The quantitative estimate of drug-likeness (QED) is 0.899. The largest absolute Gasteiger partial charge is 0.478 e. The first-order valence-corrected chi connectivity index (χ1v) is 7.05. The van der Waals surface area contributed by atoms with Gasteiger partial charge in [0.25, 0.3) is 5.88 Å². The van der Waals surface area contributed by atoms with E-state index in [0.29, 0.717) is 11.4 Å². The smallest absolute Gasteiger partial charge is 0.435 e. The van der Waals surface area contributed by atoms with Crippen molar-refractivity contribution >= 4 is 11.7 Å². The van der Waals surface area contributed by atoms with Crippen molar-refractivity contribution in [1.29, 1.82) is 0 Å². The molecule has 2 aromatic rings. The van der Waals surface area contributed by atoms with Crippen LogP contribution in [-0.2, 0) is 26.3 Å². The number of amides is 2. The number of aromatic nitrogens is 4. The van der Waals surface area contributed by atoms with Crippen molar-refractivity contribution in [3.8, 4) is 5.88 Å². The molecule has 0 saturated heterocycles. The maximum absolute atomic E-state index is 12.7. The molecule has 3 rings (SSSR count).